The summed E-state index contributed by atoms with van der Waals surface area (Å²) < 4.78 is 16.4. The number of carbonyl (C=O) groups is 1. The quantitative estimate of drug-likeness (QED) is 0.583. The Kier molecular flexibility index (Phi) is 4.10. The van der Waals surface area contributed by atoms with E-state index in [1.165, 1.54) is 18.3 Å². The van der Waals surface area contributed by atoms with Crippen molar-refractivity contribution in [1.82, 2.24) is 14.4 Å². The average molecular weight is 367 g/mol. The van der Waals surface area contributed by atoms with E-state index in [4.69, 9.17) is 11.6 Å². The van der Waals surface area contributed by atoms with Crippen molar-refractivity contribution in [3.8, 4) is 11.3 Å². The Morgan fingerprint density at radius 2 is 1.96 bits per heavy atom. The van der Waals surface area contributed by atoms with Gasteiger partial charge in [0.05, 0.1) is 22.5 Å². The van der Waals surface area contributed by atoms with Gasteiger partial charge in [0.15, 0.2) is 0 Å². The maximum atomic E-state index is 14.5. The molecule has 0 saturated heterocycles. The predicted octanol–water partition coefficient (Wildman–Crippen LogP) is 4.44. The Bertz CT molecular complexity index is 1110. The van der Waals surface area contributed by atoms with Crippen LogP contribution in [0.5, 0.6) is 0 Å². The normalized spacial score (nSPS) is 10.8. The molecule has 26 heavy (non-hydrogen) atoms. The summed E-state index contributed by atoms with van der Waals surface area (Å²) in [5.74, 6) is -0.911. The van der Waals surface area contributed by atoms with E-state index in [2.05, 4.69) is 15.3 Å². The molecule has 0 bridgehead atoms. The van der Waals surface area contributed by atoms with Crippen LogP contribution in [0.15, 0.2) is 67.1 Å². The van der Waals surface area contributed by atoms with Crippen LogP contribution < -0.4 is 5.32 Å². The molecule has 1 N–H and O–H groups in total. The molecular weight excluding hydrogens is 355 g/mol. The molecule has 0 atom stereocenters. The van der Waals surface area contributed by atoms with Gasteiger partial charge in [-0.1, -0.05) is 23.7 Å². The molecule has 0 saturated carbocycles. The minimum Gasteiger partial charge on any atom is -0.306 e. The molecule has 1 amide bonds. The number of aromatic nitrogens is 3. The molecule has 128 valence electrons. The van der Waals surface area contributed by atoms with Crippen LogP contribution in [0, 0.1) is 5.82 Å². The van der Waals surface area contributed by atoms with E-state index in [9.17, 15) is 9.18 Å². The average Bonchev–Trinajstić information content (AvgIpc) is 3.07. The van der Waals surface area contributed by atoms with Crippen LogP contribution in [0.3, 0.4) is 0 Å². The number of rotatable bonds is 3. The molecule has 4 aromatic rings. The number of halogens is 2. The monoisotopic (exact) mass is 366 g/mol. The maximum Gasteiger partial charge on any atom is 0.259 e. The molecule has 0 radical (unpaired) electrons. The summed E-state index contributed by atoms with van der Waals surface area (Å²) in [7, 11) is 0. The molecule has 0 unspecified atom stereocenters. The molecule has 3 heterocycles. The van der Waals surface area contributed by atoms with Crippen molar-refractivity contribution in [3.05, 3.63) is 83.5 Å². The van der Waals surface area contributed by atoms with Crippen molar-refractivity contribution in [2.75, 3.05) is 5.32 Å². The van der Waals surface area contributed by atoms with E-state index in [-0.39, 0.29) is 5.56 Å². The third-order valence-corrected chi connectivity index (χ3v) is 4.12. The number of fused-ring (bicyclic) bond motifs is 1. The van der Waals surface area contributed by atoms with Crippen LogP contribution in [0.4, 0.5) is 10.2 Å². The topological polar surface area (TPSA) is 59.3 Å². The van der Waals surface area contributed by atoms with Crippen molar-refractivity contribution in [2.45, 2.75) is 0 Å². The van der Waals surface area contributed by atoms with Crippen molar-refractivity contribution in [2.24, 2.45) is 0 Å². The lowest BCUT2D eigenvalue weighted by Gasteiger charge is -2.07. The zero-order valence-corrected chi connectivity index (χ0v) is 14.1. The number of carbonyl (C=O) groups excluding carboxylic acids is 1. The van der Waals surface area contributed by atoms with Crippen LogP contribution in [-0.4, -0.2) is 20.3 Å². The number of nitrogens with zero attached hydrogens (tertiary/aromatic N) is 3. The first-order chi connectivity index (χ1) is 12.6. The van der Waals surface area contributed by atoms with Gasteiger partial charge in [-0.15, -0.1) is 0 Å². The second-order valence-corrected chi connectivity index (χ2v) is 6.02. The number of anilines is 1. The van der Waals surface area contributed by atoms with E-state index in [1.54, 1.807) is 24.4 Å². The maximum absolute atomic E-state index is 14.5. The van der Waals surface area contributed by atoms with Crippen LogP contribution >= 0.6 is 11.6 Å². The van der Waals surface area contributed by atoms with Gasteiger partial charge >= 0.3 is 0 Å². The second kappa shape index (κ2) is 6.57. The summed E-state index contributed by atoms with van der Waals surface area (Å²) in [6.45, 7) is 0. The number of hydrogen-bond acceptors (Lipinski definition) is 3. The molecule has 0 fully saturated rings. The number of benzene rings is 1. The second-order valence-electron chi connectivity index (χ2n) is 5.58. The van der Waals surface area contributed by atoms with Crippen molar-refractivity contribution < 1.29 is 9.18 Å². The van der Waals surface area contributed by atoms with Gasteiger partial charge in [-0.05, 0) is 36.4 Å². The van der Waals surface area contributed by atoms with Crippen LogP contribution in [0.25, 0.3) is 16.9 Å². The standard InChI is InChI=1S/C19H12ClFN4O/c20-13-5-7-17(22-10-13)24-19(26)14-6-4-12(9-15(14)21)16-11-23-18-3-1-2-8-25(16)18/h1-11H,(H,22,24,26). The van der Waals surface area contributed by atoms with Gasteiger partial charge in [-0.25, -0.2) is 14.4 Å². The van der Waals surface area contributed by atoms with Crippen molar-refractivity contribution in [3.63, 3.8) is 0 Å². The van der Waals surface area contributed by atoms with Crippen molar-refractivity contribution in [1.29, 1.82) is 0 Å². The van der Waals surface area contributed by atoms with Gasteiger partial charge in [0.25, 0.3) is 5.91 Å². The third kappa shape index (κ3) is 3.02. The highest BCUT2D eigenvalue weighted by Gasteiger charge is 2.15. The smallest absolute Gasteiger partial charge is 0.259 e. The minimum absolute atomic E-state index is 0.0701. The molecule has 5 nitrogen and oxygen atoms in total. The zero-order valence-electron chi connectivity index (χ0n) is 13.4. The molecule has 4 rings (SSSR count). The summed E-state index contributed by atoms with van der Waals surface area (Å²) in [4.78, 5) is 20.5. The molecule has 0 aliphatic heterocycles. The lowest BCUT2D eigenvalue weighted by Crippen LogP contribution is -2.14. The first-order valence-electron chi connectivity index (χ1n) is 7.77. The first-order valence-corrected chi connectivity index (χ1v) is 8.14. The van der Waals surface area contributed by atoms with Crippen LogP contribution in [0.2, 0.25) is 5.02 Å². The number of imidazole rings is 1. The van der Waals surface area contributed by atoms with E-state index in [0.29, 0.717) is 16.4 Å². The fourth-order valence-corrected chi connectivity index (χ4v) is 2.75. The zero-order chi connectivity index (χ0) is 18.1. The SMILES string of the molecule is O=C(Nc1ccc(Cl)cn1)c1ccc(-c2cnc3ccccn23)cc1F. The van der Waals surface area contributed by atoms with E-state index in [1.807, 2.05) is 28.8 Å². The number of hydrogen-bond donors (Lipinski definition) is 1. The van der Waals surface area contributed by atoms with Gasteiger partial charge < -0.3 is 5.32 Å². The molecular formula is C19H12ClFN4O. The Labute approximate surface area is 153 Å². The Morgan fingerprint density at radius 1 is 1.08 bits per heavy atom. The van der Waals surface area contributed by atoms with Gasteiger partial charge in [0, 0.05) is 18.0 Å². The number of nitrogens with one attached hydrogen (secondary N) is 1. The highest BCUT2D eigenvalue weighted by atomic mass is 35.5. The molecule has 0 spiro atoms. The highest BCUT2D eigenvalue weighted by Crippen LogP contribution is 2.23. The third-order valence-electron chi connectivity index (χ3n) is 3.90. The lowest BCUT2D eigenvalue weighted by molar-refractivity contribution is 0.102. The van der Waals surface area contributed by atoms with Crippen LogP contribution in [0.1, 0.15) is 10.4 Å². The van der Waals surface area contributed by atoms with Gasteiger partial charge in [-0.3, -0.25) is 9.20 Å². The first kappa shape index (κ1) is 16.2. The molecule has 0 aliphatic carbocycles. The van der Waals surface area contributed by atoms with E-state index in [0.717, 1.165) is 11.3 Å². The highest BCUT2D eigenvalue weighted by molar-refractivity contribution is 6.30. The Hall–Kier alpha value is -3.25. The minimum atomic E-state index is -0.625. The van der Waals surface area contributed by atoms with Gasteiger partial charge in [0.1, 0.15) is 17.3 Å². The molecule has 3 aromatic heterocycles. The predicted molar refractivity (Wildman–Crippen MR) is 97.8 cm³/mol. The summed E-state index contributed by atoms with van der Waals surface area (Å²) >= 11 is 5.76. The Balaban J connectivity index is 1.63. The summed E-state index contributed by atoms with van der Waals surface area (Å²) in [6, 6.07) is 13.2. The molecule has 0 aliphatic rings. The molecule has 7 heteroatoms. The summed E-state index contributed by atoms with van der Waals surface area (Å²) in [5.41, 5.74) is 2.06. The van der Waals surface area contributed by atoms with Crippen LogP contribution in [-0.2, 0) is 0 Å². The van der Waals surface area contributed by atoms with Gasteiger partial charge in [0.2, 0.25) is 0 Å². The largest absolute Gasteiger partial charge is 0.306 e. The fourth-order valence-electron chi connectivity index (χ4n) is 2.64. The fraction of sp³-hybridized carbons (Fsp3) is 0. The summed E-state index contributed by atoms with van der Waals surface area (Å²) in [5, 5.41) is 2.99. The lowest BCUT2D eigenvalue weighted by atomic mass is 10.1. The van der Waals surface area contributed by atoms with E-state index < -0.39 is 11.7 Å². The summed E-state index contributed by atoms with van der Waals surface area (Å²) in [6.07, 6.45) is 4.92. The van der Waals surface area contributed by atoms with Crippen molar-refractivity contribution >= 4 is 29.0 Å². The number of amides is 1. The van der Waals surface area contributed by atoms with E-state index >= 15 is 0 Å². The molecule has 1 aromatic carbocycles. The Morgan fingerprint density at radius 3 is 2.73 bits per heavy atom. The number of pyridine rings is 2. The van der Waals surface area contributed by atoms with Gasteiger partial charge in [-0.2, -0.15) is 0 Å².